The molecule has 6 atom stereocenters. The van der Waals surface area contributed by atoms with Gasteiger partial charge in [-0.15, -0.1) is 0 Å². The number of rotatable bonds is 11. The quantitative estimate of drug-likeness (QED) is 0.163. The lowest BCUT2D eigenvalue weighted by molar-refractivity contribution is -0.276. The minimum absolute atomic E-state index is 0.00237. The van der Waals surface area contributed by atoms with Crippen LogP contribution in [0.3, 0.4) is 0 Å². The highest BCUT2D eigenvalue weighted by atomic mass is 16.7. The first kappa shape index (κ1) is 33.4. The number of likely N-dealkylation sites (N-methyl/N-ethyl adjacent to an activating group) is 1. The summed E-state index contributed by atoms with van der Waals surface area (Å²) in [5.41, 5.74) is 6.18. The summed E-state index contributed by atoms with van der Waals surface area (Å²) in [4.78, 5) is 23.7. The molecule has 0 radical (unpaired) electrons. The Morgan fingerprint density at radius 3 is 2.23 bits per heavy atom. The van der Waals surface area contributed by atoms with Crippen LogP contribution in [0.1, 0.15) is 70.7 Å². The molecule has 248 valence electrons. The van der Waals surface area contributed by atoms with Gasteiger partial charge in [0.15, 0.2) is 6.29 Å². The summed E-state index contributed by atoms with van der Waals surface area (Å²) in [6, 6.07) is 32.7. The van der Waals surface area contributed by atoms with Crippen LogP contribution in [0.2, 0.25) is 0 Å². The van der Waals surface area contributed by atoms with Gasteiger partial charge in [-0.2, -0.15) is 0 Å². The van der Waals surface area contributed by atoms with Gasteiger partial charge in [-0.1, -0.05) is 97.9 Å². The van der Waals surface area contributed by atoms with Crippen LogP contribution in [0.5, 0.6) is 0 Å². The van der Waals surface area contributed by atoms with Crippen LogP contribution in [-0.4, -0.2) is 56.7 Å². The first-order valence-corrected chi connectivity index (χ1v) is 16.3. The van der Waals surface area contributed by atoms with Crippen LogP contribution in [0.4, 0.5) is 0 Å². The van der Waals surface area contributed by atoms with Crippen molar-refractivity contribution in [2.45, 2.75) is 57.6 Å². The number of amides is 1. The molecule has 1 saturated heterocycles. The fourth-order valence-corrected chi connectivity index (χ4v) is 6.08. The number of aromatic nitrogens is 2. The molecule has 9 nitrogen and oxygen atoms in total. The Hall–Kier alpha value is -4.51. The third-order valence-corrected chi connectivity index (χ3v) is 9.27. The highest BCUT2D eigenvalue weighted by Gasteiger charge is 2.39. The van der Waals surface area contributed by atoms with E-state index in [9.17, 15) is 15.0 Å². The molecular formula is C39H42N4O5. The molecule has 1 fully saturated rings. The topological polar surface area (TPSA) is 117 Å². The standard InChI is InChI=1S/C39H42N4O5/c1-25-35(23-43(3)26(2)36(45)29-9-5-4-6-10-29)47-39(48-37(25)30-17-15-28(24-44)16-18-30)31-19-13-27(14-20-31)21-41-38(46)34-22-40-32-11-7-8-12-33(32)42-34/h4-20,22,25-26,35-37,39,44-45H,21,23-24H2,1-3H3,(H,41,46)/t25-,26-,35+,36-,37+,39+/m1/s1. The number of nitrogens with one attached hydrogen (secondary N) is 1. The van der Waals surface area contributed by atoms with E-state index in [1.54, 1.807) is 0 Å². The summed E-state index contributed by atoms with van der Waals surface area (Å²) in [6.45, 7) is 5.03. The van der Waals surface area contributed by atoms with E-state index in [1.807, 2.05) is 117 Å². The third-order valence-electron chi connectivity index (χ3n) is 9.27. The lowest BCUT2D eigenvalue weighted by atomic mass is 9.89. The predicted molar refractivity (Wildman–Crippen MR) is 184 cm³/mol. The molecule has 0 unspecified atom stereocenters. The summed E-state index contributed by atoms with van der Waals surface area (Å²) < 4.78 is 13.3. The number of carbonyl (C=O) groups excluding carboxylic acids is 1. The van der Waals surface area contributed by atoms with E-state index < -0.39 is 12.4 Å². The SMILES string of the molecule is C[C@@H]1[C@H](CN(C)[C@H](C)[C@@H](O)c2ccccc2)O[C@H](c2ccc(CNC(=O)c3cnc4ccccc4n3)cc2)O[C@@H]1c1ccc(CO)cc1. The molecule has 6 rings (SSSR count). The monoisotopic (exact) mass is 646 g/mol. The summed E-state index contributed by atoms with van der Waals surface area (Å²) in [6.07, 6.45) is -0.252. The molecule has 0 spiro atoms. The molecular weight excluding hydrogens is 604 g/mol. The van der Waals surface area contributed by atoms with Crippen molar-refractivity contribution in [2.24, 2.45) is 5.92 Å². The molecule has 0 aliphatic carbocycles. The van der Waals surface area contributed by atoms with Gasteiger partial charge in [-0.25, -0.2) is 4.98 Å². The van der Waals surface area contributed by atoms with Gasteiger partial charge < -0.3 is 25.0 Å². The smallest absolute Gasteiger partial charge is 0.271 e. The van der Waals surface area contributed by atoms with Crippen molar-refractivity contribution < 1.29 is 24.5 Å². The summed E-state index contributed by atoms with van der Waals surface area (Å²) in [5, 5.41) is 23.6. The Labute approximate surface area is 281 Å². The number of carbonyl (C=O) groups is 1. The van der Waals surface area contributed by atoms with E-state index in [1.165, 1.54) is 6.20 Å². The Morgan fingerprint density at radius 1 is 0.875 bits per heavy atom. The molecule has 5 aromatic rings. The summed E-state index contributed by atoms with van der Waals surface area (Å²) in [5.74, 6) is -0.295. The van der Waals surface area contributed by atoms with Crippen LogP contribution in [0, 0.1) is 5.92 Å². The predicted octanol–water partition coefficient (Wildman–Crippen LogP) is 5.90. The zero-order chi connectivity index (χ0) is 33.6. The van der Waals surface area contributed by atoms with Gasteiger partial charge in [-0.3, -0.25) is 14.7 Å². The number of para-hydroxylation sites is 2. The van der Waals surface area contributed by atoms with Gasteiger partial charge >= 0.3 is 0 Å². The second-order valence-electron chi connectivity index (χ2n) is 12.5. The van der Waals surface area contributed by atoms with Gasteiger partial charge in [-0.05, 0) is 48.4 Å². The Balaban J connectivity index is 1.16. The third kappa shape index (κ3) is 7.62. The Morgan fingerprint density at radius 2 is 1.52 bits per heavy atom. The number of fused-ring (bicyclic) bond motifs is 1. The normalized spacial score (nSPS) is 20.8. The van der Waals surface area contributed by atoms with Crippen LogP contribution in [0.15, 0.2) is 109 Å². The van der Waals surface area contributed by atoms with Crippen LogP contribution in [-0.2, 0) is 22.6 Å². The second-order valence-corrected chi connectivity index (χ2v) is 12.5. The number of hydrogen-bond acceptors (Lipinski definition) is 8. The minimum Gasteiger partial charge on any atom is -0.392 e. The number of nitrogens with zero attached hydrogens (tertiary/aromatic N) is 3. The Bertz CT molecular complexity index is 1800. The molecule has 1 aliphatic rings. The van der Waals surface area contributed by atoms with Crippen molar-refractivity contribution in [2.75, 3.05) is 13.6 Å². The number of aliphatic hydroxyl groups is 2. The average molecular weight is 647 g/mol. The first-order valence-electron chi connectivity index (χ1n) is 16.3. The van der Waals surface area contributed by atoms with Crippen molar-refractivity contribution in [3.63, 3.8) is 0 Å². The van der Waals surface area contributed by atoms with Crippen molar-refractivity contribution >= 4 is 16.9 Å². The molecule has 2 heterocycles. The molecule has 0 bridgehead atoms. The highest BCUT2D eigenvalue weighted by Crippen LogP contribution is 2.42. The van der Waals surface area contributed by atoms with Gasteiger partial charge in [0.25, 0.3) is 5.91 Å². The summed E-state index contributed by atoms with van der Waals surface area (Å²) >= 11 is 0. The largest absolute Gasteiger partial charge is 0.392 e. The molecule has 1 amide bonds. The molecule has 4 aromatic carbocycles. The number of aliphatic hydroxyl groups excluding tert-OH is 2. The van der Waals surface area contributed by atoms with Crippen molar-refractivity contribution in [3.05, 3.63) is 143 Å². The number of ether oxygens (including phenoxy) is 2. The average Bonchev–Trinajstić information content (AvgIpc) is 3.14. The van der Waals surface area contributed by atoms with E-state index in [2.05, 4.69) is 27.1 Å². The van der Waals surface area contributed by atoms with Crippen LogP contribution < -0.4 is 5.32 Å². The lowest BCUT2D eigenvalue weighted by Gasteiger charge is -2.43. The maximum Gasteiger partial charge on any atom is 0.271 e. The highest BCUT2D eigenvalue weighted by molar-refractivity contribution is 5.93. The lowest BCUT2D eigenvalue weighted by Crippen LogP contribution is -2.46. The van der Waals surface area contributed by atoms with Gasteiger partial charge in [0.2, 0.25) is 0 Å². The van der Waals surface area contributed by atoms with Crippen molar-refractivity contribution in [1.82, 2.24) is 20.2 Å². The molecule has 48 heavy (non-hydrogen) atoms. The van der Waals surface area contributed by atoms with E-state index in [0.29, 0.717) is 18.6 Å². The molecule has 9 heteroatoms. The maximum absolute atomic E-state index is 12.8. The van der Waals surface area contributed by atoms with E-state index in [4.69, 9.17) is 9.47 Å². The van der Waals surface area contributed by atoms with Crippen molar-refractivity contribution in [3.8, 4) is 0 Å². The van der Waals surface area contributed by atoms with Crippen molar-refractivity contribution in [1.29, 1.82) is 0 Å². The van der Waals surface area contributed by atoms with Crippen LogP contribution in [0.25, 0.3) is 11.0 Å². The zero-order valence-electron chi connectivity index (χ0n) is 27.4. The van der Waals surface area contributed by atoms with Gasteiger partial charge in [0, 0.05) is 30.6 Å². The first-order chi connectivity index (χ1) is 23.3. The van der Waals surface area contributed by atoms with E-state index >= 15 is 0 Å². The zero-order valence-corrected chi connectivity index (χ0v) is 27.4. The van der Waals surface area contributed by atoms with Gasteiger partial charge in [0.05, 0.1) is 42.1 Å². The minimum atomic E-state index is -0.648. The fourth-order valence-electron chi connectivity index (χ4n) is 6.08. The number of benzene rings is 4. The van der Waals surface area contributed by atoms with E-state index in [-0.39, 0.29) is 42.4 Å². The Kier molecular flexibility index (Phi) is 10.5. The van der Waals surface area contributed by atoms with E-state index in [0.717, 1.165) is 33.3 Å². The molecule has 1 aromatic heterocycles. The fraction of sp³-hybridized carbons (Fsp3) is 0.308. The second kappa shape index (κ2) is 15.1. The maximum atomic E-state index is 12.8. The van der Waals surface area contributed by atoms with Gasteiger partial charge in [0.1, 0.15) is 5.69 Å². The summed E-state index contributed by atoms with van der Waals surface area (Å²) in [7, 11) is 2.01. The van der Waals surface area contributed by atoms with Crippen LogP contribution >= 0.6 is 0 Å². The molecule has 3 N–H and O–H groups in total. The molecule has 0 saturated carbocycles. The number of hydrogen-bond donors (Lipinski definition) is 3. The molecule has 1 aliphatic heterocycles.